The average Bonchev–Trinajstić information content (AvgIpc) is 2.81. The summed E-state index contributed by atoms with van der Waals surface area (Å²) in [5.74, 6) is -0.629. The van der Waals surface area contributed by atoms with Gasteiger partial charge in [-0.25, -0.2) is 0 Å². The maximum atomic E-state index is 13.0. The van der Waals surface area contributed by atoms with Gasteiger partial charge < -0.3 is 10.6 Å². The average molecular weight is 450 g/mol. The topological polar surface area (TPSA) is 80.2 Å². The number of rotatable bonds is 5. The lowest BCUT2D eigenvalue weighted by atomic mass is 9.83. The first-order valence-electron chi connectivity index (χ1n) is 10.7. The van der Waals surface area contributed by atoms with Gasteiger partial charge in [0.25, 0.3) is 11.5 Å². The van der Waals surface area contributed by atoms with Crippen LogP contribution in [0.25, 0.3) is 5.69 Å². The maximum Gasteiger partial charge on any atom is 0.255 e. The van der Waals surface area contributed by atoms with Crippen molar-refractivity contribution < 1.29 is 9.59 Å². The van der Waals surface area contributed by atoms with Crippen LogP contribution in [0.15, 0.2) is 77.7 Å². The van der Waals surface area contributed by atoms with Crippen LogP contribution in [0.1, 0.15) is 36.0 Å². The zero-order chi connectivity index (χ0) is 22.5. The second kappa shape index (κ2) is 9.83. The molecule has 1 aliphatic rings. The van der Waals surface area contributed by atoms with E-state index in [-0.39, 0.29) is 29.3 Å². The molecule has 1 saturated carbocycles. The summed E-state index contributed by atoms with van der Waals surface area (Å²) in [5.41, 5.74) is 1.77. The molecule has 164 valence electrons. The van der Waals surface area contributed by atoms with E-state index < -0.39 is 0 Å². The molecule has 2 aromatic carbocycles. The number of nitrogens with one attached hydrogen (secondary N) is 2. The summed E-state index contributed by atoms with van der Waals surface area (Å²) in [6.45, 7) is 0. The highest BCUT2D eigenvalue weighted by Crippen LogP contribution is 2.26. The van der Waals surface area contributed by atoms with Crippen molar-refractivity contribution in [2.45, 2.75) is 31.7 Å². The lowest BCUT2D eigenvalue weighted by Gasteiger charge is -2.31. The van der Waals surface area contributed by atoms with Gasteiger partial charge in [-0.15, -0.1) is 0 Å². The number of hydrogen-bond donors (Lipinski definition) is 2. The van der Waals surface area contributed by atoms with Gasteiger partial charge in [-0.2, -0.15) is 0 Å². The van der Waals surface area contributed by atoms with Crippen molar-refractivity contribution in [2.75, 3.05) is 5.32 Å². The molecule has 0 bridgehead atoms. The molecule has 4 rings (SSSR count). The van der Waals surface area contributed by atoms with Crippen LogP contribution in [-0.2, 0) is 4.79 Å². The largest absolute Gasteiger partial charge is 0.349 e. The SMILES string of the molecule is O=C(N[C@H]1CCCC[C@@H]1C(=O)Nc1ccc(-n2ccccc2=O)cc1)c1ccc(Cl)cc1. The molecule has 2 N–H and O–H groups in total. The van der Waals surface area contributed by atoms with E-state index in [4.69, 9.17) is 11.6 Å². The fourth-order valence-corrected chi connectivity index (χ4v) is 4.18. The number of carbonyl (C=O) groups is 2. The summed E-state index contributed by atoms with van der Waals surface area (Å²) in [6.07, 6.45) is 5.09. The summed E-state index contributed by atoms with van der Waals surface area (Å²) in [4.78, 5) is 37.6. The Morgan fingerprint density at radius 3 is 2.34 bits per heavy atom. The molecule has 0 aliphatic heterocycles. The molecule has 6 nitrogen and oxygen atoms in total. The Morgan fingerprint density at radius 2 is 1.62 bits per heavy atom. The van der Waals surface area contributed by atoms with E-state index in [1.807, 2.05) is 0 Å². The molecule has 1 fully saturated rings. The summed E-state index contributed by atoms with van der Waals surface area (Å²) >= 11 is 5.90. The first-order chi connectivity index (χ1) is 15.5. The Morgan fingerprint density at radius 1 is 0.906 bits per heavy atom. The molecule has 1 aromatic heterocycles. The molecule has 0 radical (unpaired) electrons. The molecular weight excluding hydrogens is 426 g/mol. The number of anilines is 1. The van der Waals surface area contributed by atoms with Crippen LogP contribution in [-0.4, -0.2) is 22.4 Å². The van der Waals surface area contributed by atoms with Crippen molar-refractivity contribution in [2.24, 2.45) is 5.92 Å². The van der Waals surface area contributed by atoms with E-state index in [0.717, 1.165) is 31.4 Å². The number of benzene rings is 2. The Balaban J connectivity index is 1.43. The number of amides is 2. The molecule has 2 amide bonds. The zero-order valence-electron chi connectivity index (χ0n) is 17.5. The molecular formula is C25H24ClN3O3. The van der Waals surface area contributed by atoms with Crippen molar-refractivity contribution in [1.29, 1.82) is 0 Å². The van der Waals surface area contributed by atoms with Gasteiger partial charge in [0.1, 0.15) is 0 Å². The van der Waals surface area contributed by atoms with E-state index >= 15 is 0 Å². The Hall–Kier alpha value is -3.38. The lowest BCUT2D eigenvalue weighted by molar-refractivity contribution is -0.121. The fourth-order valence-electron chi connectivity index (χ4n) is 4.05. The van der Waals surface area contributed by atoms with Gasteiger partial charge in [0.2, 0.25) is 5.91 Å². The van der Waals surface area contributed by atoms with Gasteiger partial charge in [0.05, 0.1) is 5.92 Å². The van der Waals surface area contributed by atoms with Gasteiger partial charge in [0, 0.05) is 40.3 Å². The summed E-state index contributed by atoms with van der Waals surface area (Å²) in [5, 5.41) is 6.56. The van der Waals surface area contributed by atoms with E-state index in [1.165, 1.54) is 10.6 Å². The second-order valence-corrected chi connectivity index (χ2v) is 8.36. The van der Waals surface area contributed by atoms with Gasteiger partial charge in [-0.1, -0.05) is 30.5 Å². The third-order valence-electron chi connectivity index (χ3n) is 5.76. The second-order valence-electron chi connectivity index (χ2n) is 7.92. The van der Waals surface area contributed by atoms with Crippen molar-refractivity contribution >= 4 is 29.1 Å². The third-order valence-corrected chi connectivity index (χ3v) is 6.01. The molecule has 0 saturated heterocycles. The van der Waals surface area contributed by atoms with Crippen LogP contribution in [0.4, 0.5) is 5.69 Å². The summed E-state index contributed by atoms with van der Waals surface area (Å²) in [7, 11) is 0. The lowest BCUT2D eigenvalue weighted by Crippen LogP contribution is -2.46. The quantitative estimate of drug-likeness (QED) is 0.605. The van der Waals surface area contributed by atoms with E-state index in [2.05, 4.69) is 10.6 Å². The molecule has 1 heterocycles. The minimum atomic E-state index is -0.309. The van der Waals surface area contributed by atoms with Crippen LogP contribution in [0.3, 0.4) is 0 Å². The van der Waals surface area contributed by atoms with Gasteiger partial charge in [0.15, 0.2) is 0 Å². The third kappa shape index (κ3) is 5.08. The fraction of sp³-hybridized carbons (Fsp3) is 0.240. The molecule has 1 aliphatic carbocycles. The van der Waals surface area contributed by atoms with E-state index in [0.29, 0.717) is 16.3 Å². The summed E-state index contributed by atoms with van der Waals surface area (Å²) < 4.78 is 1.54. The van der Waals surface area contributed by atoms with E-state index in [1.54, 1.807) is 66.9 Å². The van der Waals surface area contributed by atoms with Crippen molar-refractivity contribution in [1.82, 2.24) is 9.88 Å². The number of nitrogens with zero attached hydrogens (tertiary/aromatic N) is 1. The Labute approximate surface area is 191 Å². The van der Waals surface area contributed by atoms with Crippen molar-refractivity contribution in [3.05, 3.63) is 93.9 Å². The first kappa shape index (κ1) is 21.8. The highest BCUT2D eigenvalue weighted by molar-refractivity contribution is 6.30. The number of hydrogen-bond acceptors (Lipinski definition) is 3. The van der Waals surface area contributed by atoms with Gasteiger partial charge in [-0.3, -0.25) is 19.0 Å². The number of carbonyl (C=O) groups excluding carboxylic acids is 2. The standard InChI is InChI=1S/C25H24ClN3O3/c26-18-10-8-17(9-11-18)24(31)28-22-6-2-1-5-21(22)25(32)27-19-12-14-20(15-13-19)29-16-4-3-7-23(29)30/h3-4,7-16,21-22H,1-2,5-6H2,(H,27,32)(H,28,31)/t21-,22-/m0/s1. The van der Waals surface area contributed by atoms with Crippen molar-refractivity contribution in [3.63, 3.8) is 0 Å². The molecule has 0 spiro atoms. The Kier molecular flexibility index (Phi) is 6.71. The number of halogens is 1. The highest BCUT2D eigenvalue weighted by atomic mass is 35.5. The molecule has 32 heavy (non-hydrogen) atoms. The molecule has 0 unspecified atom stereocenters. The monoisotopic (exact) mass is 449 g/mol. The van der Waals surface area contributed by atoms with Crippen LogP contribution < -0.4 is 16.2 Å². The number of aromatic nitrogens is 1. The van der Waals surface area contributed by atoms with Gasteiger partial charge in [-0.05, 0) is 67.4 Å². The predicted octanol–water partition coefficient (Wildman–Crippen LogP) is 4.42. The van der Waals surface area contributed by atoms with Crippen LogP contribution in [0.2, 0.25) is 5.02 Å². The minimum Gasteiger partial charge on any atom is -0.349 e. The van der Waals surface area contributed by atoms with Gasteiger partial charge >= 0.3 is 0 Å². The van der Waals surface area contributed by atoms with Crippen molar-refractivity contribution in [3.8, 4) is 5.69 Å². The van der Waals surface area contributed by atoms with Crippen LogP contribution >= 0.6 is 11.6 Å². The maximum absolute atomic E-state index is 13.0. The van der Waals surface area contributed by atoms with Crippen LogP contribution in [0.5, 0.6) is 0 Å². The summed E-state index contributed by atoms with van der Waals surface area (Å²) in [6, 6.07) is 18.6. The smallest absolute Gasteiger partial charge is 0.255 e. The highest BCUT2D eigenvalue weighted by Gasteiger charge is 2.32. The number of pyridine rings is 1. The zero-order valence-corrected chi connectivity index (χ0v) is 18.2. The van der Waals surface area contributed by atoms with E-state index in [9.17, 15) is 14.4 Å². The molecule has 7 heteroatoms. The normalized spacial score (nSPS) is 18.0. The predicted molar refractivity (Wildman–Crippen MR) is 125 cm³/mol. The molecule has 2 atom stereocenters. The Bertz CT molecular complexity index is 1160. The van der Waals surface area contributed by atoms with Crippen LogP contribution in [0, 0.1) is 5.92 Å². The molecule has 3 aromatic rings. The minimum absolute atomic E-state index is 0.115. The first-order valence-corrected chi connectivity index (χ1v) is 11.0.